The van der Waals surface area contributed by atoms with Crippen molar-refractivity contribution >= 4 is 11.4 Å². The Morgan fingerprint density at radius 1 is 1.24 bits per heavy atom. The van der Waals surface area contributed by atoms with Gasteiger partial charge in [0.2, 0.25) is 0 Å². The third-order valence-corrected chi connectivity index (χ3v) is 4.33. The number of rotatable bonds is 4. The average Bonchev–Trinajstić information content (AvgIpc) is 2.44. The van der Waals surface area contributed by atoms with Crippen molar-refractivity contribution in [1.29, 1.82) is 0 Å². The van der Waals surface area contributed by atoms with E-state index in [0.717, 1.165) is 37.8 Å². The van der Waals surface area contributed by atoms with Crippen LogP contribution in [0.1, 0.15) is 39.5 Å². The lowest BCUT2D eigenvalue weighted by molar-refractivity contribution is -0.384. The second-order valence-corrected chi connectivity index (χ2v) is 6.01. The van der Waals surface area contributed by atoms with Gasteiger partial charge in [-0.1, -0.05) is 13.8 Å². The normalized spacial score (nSPS) is 22.3. The van der Waals surface area contributed by atoms with Crippen molar-refractivity contribution in [3.63, 3.8) is 0 Å². The number of anilines is 1. The van der Waals surface area contributed by atoms with Crippen LogP contribution >= 0.6 is 0 Å². The summed E-state index contributed by atoms with van der Waals surface area (Å²) >= 11 is 0. The van der Waals surface area contributed by atoms with E-state index in [1.807, 2.05) is 0 Å². The molecule has 1 N–H and O–H groups in total. The number of nitrogens with one attached hydrogen (secondary N) is 1. The van der Waals surface area contributed by atoms with E-state index in [1.54, 1.807) is 0 Å². The maximum Gasteiger partial charge on any atom is 0.295 e. The molecule has 1 saturated carbocycles. The van der Waals surface area contributed by atoms with Gasteiger partial charge in [0, 0.05) is 12.1 Å². The molecule has 0 radical (unpaired) electrons. The summed E-state index contributed by atoms with van der Waals surface area (Å²) in [6.07, 6.45) is 3.63. The van der Waals surface area contributed by atoms with Gasteiger partial charge in [-0.25, -0.2) is 8.78 Å². The van der Waals surface area contributed by atoms with Gasteiger partial charge in [0.15, 0.2) is 17.3 Å². The first-order valence-corrected chi connectivity index (χ1v) is 7.29. The van der Waals surface area contributed by atoms with Crippen molar-refractivity contribution in [2.45, 2.75) is 45.6 Å². The molecule has 0 heterocycles. The predicted molar refractivity (Wildman–Crippen MR) is 77.2 cm³/mol. The lowest BCUT2D eigenvalue weighted by Crippen LogP contribution is -2.28. The van der Waals surface area contributed by atoms with E-state index in [-0.39, 0.29) is 11.7 Å². The third-order valence-electron chi connectivity index (χ3n) is 4.33. The summed E-state index contributed by atoms with van der Waals surface area (Å²) in [5.74, 6) is -1.00. The smallest absolute Gasteiger partial charge is 0.295 e. The minimum atomic E-state index is -1.17. The fraction of sp³-hybridized carbons (Fsp3) is 0.600. The van der Waals surface area contributed by atoms with Crippen LogP contribution in [-0.4, -0.2) is 11.0 Å². The summed E-state index contributed by atoms with van der Waals surface area (Å²) in [6.45, 7) is 4.35. The number of benzene rings is 1. The average molecular weight is 298 g/mol. The molecule has 0 aliphatic heterocycles. The maximum atomic E-state index is 13.8. The fourth-order valence-corrected chi connectivity index (χ4v) is 2.96. The molecule has 0 atom stereocenters. The number of halogens is 2. The van der Waals surface area contributed by atoms with Crippen LogP contribution in [0, 0.1) is 33.6 Å². The molecule has 0 unspecified atom stereocenters. The zero-order chi connectivity index (χ0) is 15.6. The van der Waals surface area contributed by atoms with Crippen molar-refractivity contribution in [3.8, 4) is 0 Å². The Morgan fingerprint density at radius 3 is 2.38 bits per heavy atom. The number of nitro groups is 1. The maximum absolute atomic E-state index is 13.8. The van der Waals surface area contributed by atoms with Gasteiger partial charge in [0.1, 0.15) is 0 Å². The van der Waals surface area contributed by atoms with E-state index in [2.05, 4.69) is 19.2 Å². The third kappa shape index (κ3) is 3.49. The van der Waals surface area contributed by atoms with Gasteiger partial charge in [-0.15, -0.1) is 0 Å². The van der Waals surface area contributed by atoms with Crippen LogP contribution in [0.2, 0.25) is 0 Å². The van der Waals surface area contributed by atoms with E-state index >= 15 is 0 Å². The first-order valence-electron chi connectivity index (χ1n) is 7.29. The lowest BCUT2D eigenvalue weighted by Gasteiger charge is -2.31. The van der Waals surface area contributed by atoms with Gasteiger partial charge in [-0.3, -0.25) is 10.1 Å². The Morgan fingerprint density at radius 2 is 1.86 bits per heavy atom. The zero-order valence-electron chi connectivity index (χ0n) is 12.2. The molecule has 116 valence electrons. The molecule has 1 fully saturated rings. The molecular weight excluding hydrogens is 278 g/mol. The summed E-state index contributed by atoms with van der Waals surface area (Å²) in [5.41, 5.74) is -0.743. The highest BCUT2D eigenvalue weighted by Crippen LogP contribution is 2.35. The molecule has 2 rings (SSSR count). The molecule has 0 amide bonds. The minimum absolute atomic E-state index is 0.0463. The molecule has 0 spiro atoms. The van der Waals surface area contributed by atoms with Crippen molar-refractivity contribution < 1.29 is 13.7 Å². The highest BCUT2D eigenvalue weighted by molar-refractivity contribution is 5.63. The Labute approximate surface area is 122 Å². The monoisotopic (exact) mass is 298 g/mol. The molecular formula is C15H20F2N2O2. The first-order chi connectivity index (χ1) is 9.90. The number of nitrogens with zero attached hydrogens (tertiary/aromatic N) is 1. The molecule has 1 aromatic rings. The van der Waals surface area contributed by atoms with Gasteiger partial charge in [-0.2, -0.15) is 0 Å². The molecule has 6 heteroatoms. The SMILES string of the molecule is CC(C)C1CCC(Nc2c([N+](=O)[O-])ccc(F)c2F)CC1. The summed E-state index contributed by atoms with van der Waals surface area (Å²) in [4.78, 5) is 10.3. The van der Waals surface area contributed by atoms with Crippen molar-refractivity contribution in [1.82, 2.24) is 0 Å². The van der Waals surface area contributed by atoms with Crippen LogP contribution in [0.25, 0.3) is 0 Å². The van der Waals surface area contributed by atoms with Crippen LogP contribution in [0.3, 0.4) is 0 Å². The second-order valence-electron chi connectivity index (χ2n) is 6.01. The van der Waals surface area contributed by atoms with E-state index in [0.29, 0.717) is 11.8 Å². The van der Waals surface area contributed by atoms with Crippen molar-refractivity contribution in [2.24, 2.45) is 11.8 Å². The Bertz CT molecular complexity index is 527. The quantitative estimate of drug-likeness (QED) is 0.657. The Kier molecular flexibility index (Phi) is 4.75. The van der Waals surface area contributed by atoms with Crippen LogP contribution < -0.4 is 5.32 Å². The second kappa shape index (κ2) is 6.37. The number of nitro benzene ring substituents is 1. The first kappa shape index (κ1) is 15.7. The van der Waals surface area contributed by atoms with Crippen molar-refractivity contribution in [2.75, 3.05) is 5.32 Å². The predicted octanol–water partition coefficient (Wildman–Crippen LogP) is 4.50. The molecule has 1 aromatic carbocycles. The molecule has 1 aliphatic carbocycles. The Balaban J connectivity index is 2.13. The van der Waals surface area contributed by atoms with E-state index in [4.69, 9.17) is 0 Å². The largest absolute Gasteiger partial charge is 0.374 e. The Hall–Kier alpha value is -1.72. The van der Waals surface area contributed by atoms with E-state index < -0.39 is 22.2 Å². The zero-order valence-corrected chi connectivity index (χ0v) is 12.2. The van der Waals surface area contributed by atoms with Gasteiger partial charge in [0.05, 0.1) is 4.92 Å². The standard InChI is InChI=1S/C15H20F2N2O2/c1-9(2)10-3-5-11(6-4-10)18-15-13(19(20)21)8-7-12(16)14(15)17/h7-11,18H,3-6H2,1-2H3. The summed E-state index contributed by atoms with van der Waals surface area (Å²) in [5, 5.41) is 13.8. The topological polar surface area (TPSA) is 55.2 Å². The fourth-order valence-electron chi connectivity index (χ4n) is 2.96. The van der Waals surface area contributed by atoms with Gasteiger partial charge in [-0.05, 0) is 43.6 Å². The van der Waals surface area contributed by atoms with Crippen LogP contribution in [0.5, 0.6) is 0 Å². The van der Waals surface area contributed by atoms with Gasteiger partial charge >= 0.3 is 0 Å². The summed E-state index contributed by atoms with van der Waals surface area (Å²) in [7, 11) is 0. The molecule has 4 nitrogen and oxygen atoms in total. The van der Waals surface area contributed by atoms with Crippen molar-refractivity contribution in [3.05, 3.63) is 33.9 Å². The number of hydrogen-bond donors (Lipinski definition) is 1. The summed E-state index contributed by atoms with van der Waals surface area (Å²) < 4.78 is 27.1. The highest BCUT2D eigenvalue weighted by Gasteiger charge is 2.27. The minimum Gasteiger partial charge on any atom is -0.374 e. The van der Waals surface area contributed by atoms with Gasteiger partial charge in [0.25, 0.3) is 5.69 Å². The lowest BCUT2D eigenvalue weighted by atomic mass is 9.79. The number of hydrogen-bond acceptors (Lipinski definition) is 3. The molecule has 0 saturated heterocycles. The summed E-state index contributed by atoms with van der Waals surface area (Å²) in [6, 6.07) is 1.74. The molecule has 0 aromatic heterocycles. The molecule has 21 heavy (non-hydrogen) atoms. The molecule has 0 bridgehead atoms. The van der Waals surface area contributed by atoms with Crippen LogP contribution in [0.4, 0.5) is 20.2 Å². The van der Waals surface area contributed by atoms with Gasteiger partial charge < -0.3 is 5.32 Å². The van der Waals surface area contributed by atoms with Crippen LogP contribution in [0.15, 0.2) is 12.1 Å². The van der Waals surface area contributed by atoms with Crippen LogP contribution in [-0.2, 0) is 0 Å². The van der Waals surface area contributed by atoms with E-state index in [9.17, 15) is 18.9 Å². The molecule has 1 aliphatic rings. The highest BCUT2D eigenvalue weighted by atomic mass is 19.2. The van der Waals surface area contributed by atoms with E-state index in [1.165, 1.54) is 0 Å².